The van der Waals surface area contributed by atoms with Crippen LogP contribution in [0.1, 0.15) is 32.1 Å². The Balaban J connectivity index is 2.35. The molecular formula is C13H18N4. The van der Waals surface area contributed by atoms with Gasteiger partial charge >= 0.3 is 0 Å². The zero-order chi connectivity index (χ0) is 12.3. The maximum Gasteiger partial charge on any atom is 0.154 e. The van der Waals surface area contributed by atoms with Gasteiger partial charge in [-0.3, -0.25) is 4.57 Å². The molecule has 0 spiro atoms. The zero-order valence-corrected chi connectivity index (χ0v) is 10.2. The maximum atomic E-state index is 6.21. The van der Waals surface area contributed by atoms with Gasteiger partial charge in [-0.2, -0.15) is 0 Å². The minimum absolute atomic E-state index is 0.0808. The van der Waals surface area contributed by atoms with Crippen molar-refractivity contribution in [3.05, 3.63) is 42.5 Å². The molecule has 2 atom stereocenters. The van der Waals surface area contributed by atoms with E-state index in [1.807, 2.05) is 34.9 Å². The Morgan fingerprint density at radius 2 is 2.00 bits per heavy atom. The minimum atomic E-state index is -0.0808. The molecule has 0 aliphatic carbocycles. The van der Waals surface area contributed by atoms with Crippen LogP contribution in [0.4, 0.5) is 0 Å². The van der Waals surface area contributed by atoms with Gasteiger partial charge in [0.15, 0.2) is 5.82 Å². The van der Waals surface area contributed by atoms with Crippen LogP contribution in [0, 0.1) is 5.92 Å². The van der Waals surface area contributed by atoms with Crippen LogP contribution in [0.3, 0.4) is 0 Å². The van der Waals surface area contributed by atoms with Crippen LogP contribution in [-0.2, 0) is 0 Å². The smallest absolute Gasteiger partial charge is 0.154 e. The SMILES string of the molecule is CCC(C)[C@H](N)c1nncn1-c1ccccc1. The van der Waals surface area contributed by atoms with Gasteiger partial charge in [-0.1, -0.05) is 38.5 Å². The fourth-order valence-corrected chi connectivity index (χ4v) is 1.77. The van der Waals surface area contributed by atoms with Crippen LogP contribution < -0.4 is 5.73 Å². The number of hydrogen-bond donors (Lipinski definition) is 1. The fourth-order valence-electron chi connectivity index (χ4n) is 1.77. The first-order valence-electron chi connectivity index (χ1n) is 5.95. The number of nitrogens with zero attached hydrogens (tertiary/aromatic N) is 3. The van der Waals surface area contributed by atoms with Gasteiger partial charge in [0.05, 0.1) is 6.04 Å². The van der Waals surface area contributed by atoms with Crippen molar-refractivity contribution in [1.29, 1.82) is 0 Å². The Bertz CT molecular complexity index is 463. The Labute approximate surface area is 101 Å². The van der Waals surface area contributed by atoms with E-state index < -0.39 is 0 Å². The molecule has 2 aromatic rings. The van der Waals surface area contributed by atoms with Crippen molar-refractivity contribution in [2.75, 3.05) is 0 Å². The van der Waals surface area contributed by atoms with Crippen molar-refractivity contribution in [2.45, 2.75) is 26.3 Å². The first-order chi connectivity index (χ1) is 8.24. The Morgan fingerprint density at radius 3 is 2.65 bits per heavy atom. The molecule has 1 unspecified atom stereocenters. The third-order valence-electron chi connectivity index (χ3n) is 3.16. The lowest BCUT2D eigenvalue weighted by Crippen LogP contribution is -2.22. The number of benzene rings is 1. The van der Waals surface area contributed by atoms with Crippen molar-refractivity contribution < 1.29 is 0 Å². The predicted octanol–water partition coefficient (Wildman–Crippen LogP) is 2.31. The first-order valence-corrected chi connectivity index (χ1v) is 5.95. The molecule has 0 fully saturated rings. The van der Waals surface area contributed by atoms with Gasteiger partial charge in [-0.05, 0) is 18.1 Å². The van der Waals surface area contributed by atoms with E-state index in [4.69, 9.17) is 5.73 Å². The third kappa shape index (κ3) is 2.36. The monoisotopic (exact) mass is 230 g/mol. The average Bonchev–Trinajstić information content (AvgIpc) is 2.87. The van der Waals surface area contributed by atoms with Crippen LogP contribution in [0.25, 0.3) is 5.69 Å². The molecule has 4 nitrogen and oxygen atoms in total. The molecule has 1 aromatic carbocycles. The molecule has 0 amide bonds. The summed E-state index contributed by atoms with van der Waals surface area (Å²) in [4.78, 5) is 0. The lowest BCUT2D eigenvalue weighted by molar-refractivity contribution is 0.434. The van der Waals surface area contributed by atoms with Crippen LogP contribution in [0.15, 0.2) is 36.7 Å². The predicted molar refractivity (Wildman–Crippen MR) is 67.7 cm³/mol. The number of rotatable bonds is 4. The maximum absolute atomic E-state index is 6.21. The largest absolute Gasteiger partial charge is 0.321 e. The summed E-state index contributed by atoms with van der Waals surface area (Å²) < 4.78 is 1.96. The molecule has 2 N–H and O–H groups in total. The van der Waals surface area contributed by atoms with Crippen LogP contribution in [0.5, 0.6) is 0 Å². The van der Waals surface area contributed by atoms with Gasteiger partial charge in [0.25, 0.3) is 0 Å². The molecular weight excluding hydrogens is 212 g/mol. The Hall–Kier alpha value is -1.68. The molecule has 1 heterocycles. The highest BCUT2D eigenvalue weighted by Gasteiger charge is 2.19. The Morgan fingerprint density at radius 1 is 1.29 bits per heavy atom. The quantitative estimate of drug-likeness (QED) is 0.876. The number of aromatic nitrogens is 3. The zero-order valence-electron chi connectivity index (χ0n) is 10.2. The standard InChI is InChI=1S/C13H18N4/c1-3-10(2)12(14)13-16-15-9-17(13)11-7-5-4-6-8-11/h4-10,12H,3,14H2,1-2H3/t10?,12-/m0/s1. The highest BCUT2D eigenvalue weighted by atomic mass is 15.3. The summed E-state index contributed by atoms with van der Waals surface area (Å²) in [6.07, 6.45) is 2.75. The van der Waals surface area contributed by atoms with E-state index in [2.05, 4.69) is 24.0 Å². The lowest BCUT2D eigenvalue weighted by Gasteiger charge is -2.18. The number of nitrogens with two attached hydrogens (primary N) is 1. The van der Waals surface area contributed by atoms with E-state index in [-0.39, 0.29) is 6.04 Å². The topological polar surface area (TPSA) is 56.7 Å². The first kappa shape index (κ1) is 11.8. The van der Waals surface area contributed by atoms with Gasteiger partial charge in [0.1, 0.15) is 6.33 Å². The second-order valence-corrected chi connectivity index (χ2v) is 4.31. The van der Waals surface area contributed by atoms with E-state index in [1.54, 1.807) is 6.33 Å². The van der Waals surface area contributed by atoms with E-state index in [9.17, 15) is 0 Å². The van der Waals surface area contributed by atoms with Crippen molar-refractivity contribution in [2.24, 2.45) is 11.7 Å². The third-order valence-corrected chi connectivity index (χ3v) is 3.16. The molecule has 0 bridgehead atoms. The number of hydrogen-bond acceptors (Lipinski definition) is 3. The van der Waals surface area contributed by atoms with Gasteiger partial charge < -0.3 is 5.73 Å². The molecule has 2 rings (SSSR count). The summed E-state index contributed by atoms with van der Waals surface area (Å²) in [5, 5.41) is 8.12. The van der Waals surface area contributed by atoms with E-state index >= 15 is 0 Å². The van der Waals surface area contributed by atoms with E-state index in [0.29, 0.717) is 5.92 Å². The van der Waals surface area contributed by atoms with E-state index in [0.717, 1.165) is 17.9 Å². The summed E-state index contributed by atoms with van der Waals surface area (Å²) in [5.74, 6) is 1.22. The number of para-hydroxylation sites is 1. The van der Waals surface area contributed by atoms with Crippen LogP contribution >= 0.6 is 0 Å². The molecule has 17 heavy (non-hydrogen) atoms. The van der Waals surface area contributed by atoms with Gasteiger partial charge in [0.2, 0.25) is 0 Å². The van der Waals surface area contributed by atoms with E-state index in [1.165, 1.54) is 0 Å². The van der Waals surface area contributed by atoms with Crippen LogP contribution in [-0.4, -0.2) is 14.8 Å². The summed E-state index contributed by atoms with van der Waals surface area (Å²) >= 11 is 0. The average molecular weight is 230 g/mol. The summed E-state index contributed by atoms with van der Waals surface area (Å²) in [7, 11) is 0. The van der Waals surface area contributed by atoms with Crippen molar-refractivity contribution in [3.63, 3.8) is 0 Å². The minimum Gasteiger partial charge on any atom is -0.321 e. The lowest BCUT2D eigenvalue weighted by atomic mass is 9.99. The fraction of sp³-hybridized carbons (Fsp3) is 0.385. The highest BCUT2D eigenvalue weighted by molar-refractivity contribution is 5.32. The molecule has 90 valence electrons. The van der Waals surface area contributed by atoms with Crippen molar-refractivity contribution in [3.8, 4) is 5.69 Å². The summed E-state index contributed by atoms with van der Waals surface area (Å²) in [6, 6.07) is 9.94. The van der Waals surface area contributed by atoms with Gasteiger partial charge in [-0.15, -0.1) is 10.2 Å². The second-order valence-electron chi connectivity index (χ2n) is 4.31. The molecule has 0 aliphatic rings. The highest BCUT2D eigenvalue weighted by Crippen LogP contribution is 2.22. The Kier molecular flexibility index (Phi) is 3.54. The summed E-state index contributed by atoms with van der Waals surface area (Å²) in [5.41, 5.74) is 7.26. The molecule has 0 radical (unpaired) electrons. The molecule has 1 aromatic heterocycles. The molecule has 0 saturated carbocycles. The van der Waals surface area contributed by atoms with Crippen molar-refractivity contribution >= 4 is 0 Å². The molecule has 0 saturated heterocycles. The van der Waals surface area contributed by atoms with Gasteiger partial charge in [-0.25, -0.2) is 0 Å². The van der Waals surface area contributed by atoms with Crippen LogP contribution in [0.2, 0.25) is 0 Å². The molecule has 0 aliphatic heterocycles. The van der Waals surface area contributed by atoms with Crippen molar-refractivity contribution in [1.82, 2.24) is 14.8 Å². The second kappa shape index (κ2) is 5.10. The summed E-state index contributed by atoms with van der Waals surface area (Å²) in [6.45, 7) is 4.27. The normalized spacial score (nSPS) is 14.5. The van der Waals surface area contributed by atoms with Gasteiger partial charge in [0, 0.05) is 5.69 Å². The molecule has 4 heteroatoms.